The predicted molar refractivity (Wildman–Crippen MR) is 53.1 cm³/mol. The van der Waals surface area contributed by atoms with Gasteiger partial charge in [-0.15, -0.1) is 0 Å². The van der Waals surface area contributed by atoms with Crippen molar-refractivity contribution in [2.24, 2.45) is 0 Å². The van der Waals surface area contributed by atoms with Gasteiger partial charge in [0.25, 0.3) is 0 Å². The molecule has 13 heavy (non-hydrogen) atoms. The van der Waals surface area contributed by atoms with Crippen LogP contribution in [0.4, 0.5) is 4.39 Å². The van der Waals surface area contributed by atoms with Gasteiger partial charge < -0.3 is 4.57 Å². The Kier molecular flexibility index (Phi) is 2.07. The van der Waals surface area contributed by atoms with E-state index in [-0.39, 0.29) is 5.82 Å². The summed E-state index contributed by atoms with van der Waals surface area (Å²) in [6, 6.07) is 3.47. The number of nitrogens with zero attached hydrogens (tertiary/aromatic N) is 2. The average Bonchev–Trinajstić information content (AvgIpc) is 2.42. The first kappa shape index (κ1) is 8.69. The van der Waals surface area contributed by atoms with Gasteiger partial charge >= 0.3 is 0 Å². The molecule has 0 radical (unpaired) electrons. The Hall–Kier alpha value is -0.900. The van der Waals surface area contributed by atoms with Crippen molar-refractivity contribution in [3.05, 3.63) is 28.7 Å². The minimum absolute atomic E-state index is 0.211. The lowest BCUT2D eigenvalue weighted by atomic mass is 10.3. The predicted octanol–water partition coefficient (Wildman–Crippen LogP) is 2.96. The number of pyridine rings is 1. The fourth-order valence-electron chi connectivity index (χ4n) is 1.34. The number of halogens is 2. The zero-order chi connectivity index (χ0) is 9.42. The maximum absolute atomic E-state index is 13.2. The lowest BCUT2D eigenvalue weighted by molar-refractivity contribution is 0.627. The van der Waals surface area contributed by atoms with E-state index in [0.29, 0.717) is 11.0 Å². The van der Waals surface area contributed by atoms with Crippen LogP contribution < -0.4 is 0 Å². The molecule has 0 bridgehead atoms. The average molecular weight is 243 g/mol. The van der Waals surface area contributed by atoms with Crippen LogP contribution in [-0.4, -0.2) is 9.55 Å². The highest BCUT2D eigenvalue weighted by Gasteiger charge is 2.07. The third-order valence-electron chi connectivity index (χ3n) is 1.98. The Morgan fingerprint density at radius 1 is 1.54 bits per heavy atom. The molecular weight excluding hydrogens is 235 g/mol. The van der Waals surface area contributed by atoms with E-state index in [1.807, 2.05) is 6.92 Å². The molecule has 0 amide bonds. The molecule has 68 valence electrons. The Balaban J connectivity index is 2.81. The summed E-state index contributed by atoms with van der Waals surface area (Å²) in [6.45, 7) is 2.69. The molecule has 2 aromatic heterocycles. The Bertz CT molecular complexity index is 450. The first-order valence-corrected chi connectivity index (χ1v) is 4.82. The smallest absolute Gasteiger partial charge is 0.150 e. The molecule has 0 atom stereocenters. The van der Waals surface area contributed by atoms with Gasteiger partial charge in [0.05, 0.1) is 5.39 Å². The molecule has 0 spiro atoms. The van der Waals surface area contributed by atoms with Gasteiger partial charge in [-0.3, -0.25) is 0 Å². The van der Waals surface area contributed by atoms with Crippen molar-refractivity contribution in [3.8, 4) is 0 Å². The molecule has 4 heteroatoms. The summed E-state index contributed by atoms with van der Waals surface area (Å²) in [6.07, 6.45) is 1.48. The first-order chi connectivity index (χ1) is 6.22. The van der Waals surface area contributed by atoms with E-state index in [4.69, 9.17) is 0 Å². The number of fused-ring (bicyclic) bond motifs is 1. The molecule has 0 N–H and O–H groups in total. The van der Waals surface area contributed by atoms with Gasteiger partial charge in [-0.25, -0.2) is 9.37 Å². The Morgan fingerprint density at radius 2 is 2.31 bits per heavy atom. The Morgan fingerprint density at radius 3 is 3.00 bits per heavy atom. The summed E-state index contributed by atoms with van der Waals surface area (Å²) in [5, 5.41) is 0.574. The summed E-state index contributed by atoms with van der Waals surface area (Å²) >= 11 is 3.26. The van der Waals surface area contributed by atoms with E-state index in [9.17, 15) is 4.39 Å². The summed E-state index contributed by atoms with van der Waals surface area (Å²) in [5.41, 5.74) is 0.689. The molecule has 2 nitrogen and oxygen atoms in total. The molecular formula is C9H8BrFN2. The van der Waals surface area contributed by atoms with Crippen LogP contribution in [0.2, 0.25) is 0 Å². The highest BCUT2D eigenvalue weighted by molar-refractivity contribution is 9.10. The van der Waals surface area contributed by atoms with Gasteiger partial charge in [0.1, 0.15) is 16.1 Å². The fraction of sp³-hybridized carbons (Fsp3) is 0.222. The van der Waals surface area contributed by atoms with Crippen LogP contribution in [0.1, 0.15) is 6.92 Å². The number of rotatable bonds is 1. The molecule has 2 heterocycles. The van der Waals surface area contributed by atoms with Gasteiger partial charge in [0, 0.05) is 12.7 Å². The Labute approximate surface area is 83.5 Å². The standard InChI is InChI=1S/C9H8BrFN2/c1-2-13-5-7(11)6-3-4-8(10)12-9(6)13/h3-5H,2H2,1H3. The van der Waals surface area contributed by atoms with Gasteiger partial charge in [-0.05, 0) is 35.0 Å². The lowest BCUT2D eigenvalue weighted by Crippen LogP contribution is -1.92. The summed E-state index contributed by atoms with van der Waals surface area (Å²) < 4.78 is 15.8. The third-order valence-corrected chi connectivity index (χ3v) is 2.42. The molecule has 0 aliphatic carbocycles. The molecule has 0 aliphatic rings. The monoisotopic (exact) mass is 242 g/mol. The van der Waals surface area contributed by atoms with Crippen molar-refractivity contribution in [2.75, 3.05) is 0 Å². The SMILES string of the molecule is CCn1cc(F)c2ccc(Br)nc21. The van der Waals surface area contributed by atoms with Gasteiger partial charge in [0.2, 0.25) is 0 Å². The molecule has 2 aromatic rings. The van der Waals surface area contributed by atoms with Gasteiger partial charge in [0.15, 0.2) is 0 Å². The minimum atomic E-state index is -0.211. The second kappa shape index (κ2) is 3.10. The van der Waals surface area contributed by atoms with Crippen LogP contribution in [0.3, 0.4) is 0 Å². The normalized spacial score (nSPS) is 11.0. The zero-order valence-electron chi connectivity index (χ0n) is 7.09. The topological polar surface area (TPSA) is 17.8 Å². The van der Waals surface area contributed by atoms with Crippen molar-refractivity contribution in [3.63, 3.8) is 0 Å². The lowest BCUT2D eigenvalue weighted by Gasteiger charge is -1.98. The fourth-order valence-corrected chi connectivity index (χ4v) is 1.64. The quantitative estimate of drug-likeness (QED) is 0.704. The second-order valence-electron chi connectivity index (χ2n) is 2.77. The third kappa shape index (κ3) is 1.35. The van der Waals surface area contributed by atoms with E-state index in [2.05, 4.69) is 20.9 Å². The number of aromatic nitrogens is 2. The van der Waals surface area contributed by atoms with Crippen molar-refractivity contribution in [2.45, 2.75) is 13.5 Å². The van der Waals surface area contributed by atoms with E-state index < -0.39 is 0 Å². The van der Waals surface area contributed by atoms with Crippen LogP contribution in [0, 0.1) is 5.82 Å². The number of aryl methyl sites for hydroxylation is 1. The van der Waals surface area contributed by atoms with Gasteiger partial charge in [-0.1, -0.05) is 0 Å². The van der Waals surface area contributed by atoms with E-state index in [1.54, 1.807) is 16.7 Å². The van der Waals surface area contributed by atoms with Crippen LogP contribution in [0.25, 0.3) is 11.0 Å². The van der Waals surface area contributed by atoms with Crippen molar-refractivity contribution >= 4 is 27.0 Å². The molecule has 0 aromatic carbocycles. The zero-order valence-corrected chi connectivity index (χ0v) is 8.68. The van der Waals surface area contributed by atoms with Crippen molar-refractivity contribution in [1.82, 2.24) is 9.55 Å². The summed E-state index contributed by atoms with van der Waals surface area (Å²) in [7, 11) is 0. The maximum atomic E-state index is 13.2. The molecule has 0 unspecified atom stereocenters. The molecule has 0 fully saturated rings. The molecule has 0 saturated heterocycles. The molecule has 0 aliphatic heterocycles. The van der Waals surface area contributed by atoms with Gasteiger partial charge in [-0.2, -0.15) is 0 Å². The van der Waals surface area contributed by atoms with E-state index >= 15 is 0 Å². The second-order valence-corrected chi connectivity index (χ2v) is 3.58. The number of hydrogen-bond donors (Lipinski definition) is 0. The van der Waals surface area contributed by atoms with E-state index in [1.165, 1.54) is 6.20 Å². The molecule has 0 saturated carbocycles. The van der Waals surface area contributed by atoms with Crippen LogP contribution in [0.15, 0.2) is 22.9 Å². The number of hydrogen-bond acceptors (Lipinski definition) is 1. The maximum Gasteiger partial charge on any atom is 0.150 e. The summed E-state index contributed by atoms with van der Waals surface area (Å²) in [4.78, 5) is 4.21. The largest absolute Gasteiger partial charge is 0.330 e. The highest BCUT2D eigenvalue weighted by Crippen LogP contribution is 2.20. The minimum Gasteiger partial charge on any atom is -0.330 e. The van der Waals surface area contributed by atoms with Crippen molar-refractivity contribution < 1.29 is 4.39 Å². The molecule has 2 rings (SSSR count). The van der Waals surface area contributed by atoms with Crippen LogP contribution >= 0.6 is 15.9 Å². The van der Waals surface area contributed by atoms with Crippen LogP contribution in [0.5, 0.6) is 0 Å². The first-order valence-electron chi connectivity index (χ1n) is 4.03. The highest BCUT2D eigenvalue weighted by atomic mass is 79.9. The van der Waals surface area contributed by atoms with Crippen LogP contribution in [-0.2, 0) is 6.54 Å². The van der Waals surface area contributed by atoms with E-state index in [0.717, 1.165) is 11.1 Å². The summed E-state index contributed by atoms with van der Waals surface area (Å²) in [5.74, 6) is -0.211. The van der Waals surface area contributed by atoms with Crippen molar-refractivity contribution in [1.29, 1.82) is 0 Å².